The summed E-state index contributed by atoms with van der Waals surface area (Å²) in [5, 5.41) is 3.31. The molecule has 0 fully saturated rings. The number of imidazole rings is 1. The molecule has 1 aromatic carbocycles. The Kier molecular flexibility index (Phi) is 3.19. The van der Waals surface area contributed by atoms with Gasteiger partial charge in [0, 0.05) is 25.4 Å². The lowest BCUT2D eigenvalue weighted by Gasteiger charge is -2.02. The summed E-state index contributed by atoms with van der Waals surface area (Å²) >= 11 is 0. The molecule has 0 atom stereocenters. The highest BCUT2D eigenvalue weighted by atomic mass is 15.0. The van der Waals surface area contributed by atoms with Crippen molar-refractivity contribution in [1.82, 2.24) is 9.38 Å². The maximum absolute atomic E-state index is 4.64. The normalized spacial score (nSPS) is 10.8. The fraction of sp³-hybridized carbons (Fsp3) is 0.188. The van der Waals surface area contributed by atoms with Crippen LogP contribution >= 0.6 is 0 Å². The molecule has 0 saturated heterocycles. The lowest BCUT2D eigenvalue weighted by molar-refractivity contribution is 1.11. The van der Waals surface area contributed by atoms with Gasteiger partial charge >= 0.3 is 0 Å². The fourth-order valence-electron chi connectivity index (χ4n) is 2.24. The second-order valence-electron chi connectivity index (χ2n) is 4.61. The third-order valence-corrected chi connectivity index (χ3v) is 3.11. The van der Waals surface area contributed by atoms with Crippen LogP contribution in [0.3, 0.4) is 0 Å². The predicted molar refractivity (Wildman–Crippen MR) is 78.6 cm³/mol. The van der Waals surface area contributed by atoms with Gasteiger partial charge in [-0.05, 0) is 24.6 Å². The van der Waals surface area contributed by atoms with Crippen molar-refractivity contribution in [3.05, 3.63) is 66.1 Å². The molecular formula is C16H17N3. The van der Waals surface area contributed by atoms with Crippen molar-refractivity contribution < 1.29 is 0 Å². The van der Waals surface area contributed by atoms with Crippen LogP contribution < -0.4 is 5.32 Å². The molecule has 0 spiro atoms. The summed E-state index contributed by atoms with van der Waals surface area (Å²) in [4.78, 5) is 4.64. The first-order valence-corrected chi connectivity index (χ1v) is 6.60. The van der Waals surface area contributed by atoms with E-state index in [4.69, 9.17) is 0 Å². The van der Waals surface area contributed by atoms with Crippen LogP contribution in [0, 0.1) is 0 Å². The van der Waals surface area contributed by atoms with E-state index in [1.54, 1.807) is 0 Å². The summed E-state index contributed by atoms with van der Waals surface area (Å²) in [6.07, 6.45) is 5.06. The standard InChI is InChI=1S/C16H17N3/c1-2-17-14-8-9-16-18-15(12-19(16)11-14)10-13-6-4-3-5-7-13/h3-9,11-12,17H,2,10H2,1H3. The zero-order chi connectivity index (χ0) is 13.1. The molecule has 2 heterocycles. The van der Waals surface area contributed by atoms with Gasteiger partial charge in [0.15, 0.2) is 0 Å². The second-order valence-corrected chi connectivity index (χ2v) is 4.61. The minimum Gasteiger partial charge on any atom is -0.384 e. The number of nitrogens with zero attached hydrogens (tertiary/aromatic N) is 2. The van der Waals surface area contributed by atoms with Crippen molar-refractivity contribution in [2.24, 2.45) is 0 Å². The summed E-state index contributed by atoms with van der Waals surface area (Å²) in [7, 11) is 0. The molecule has 0 amide bonds. The molecule has 0 bridgehead atoms. The van der Waals surface area contributed by atoms with E-state index in [-0.39, 0.29) is 0 Å². The van der Waals surface area contributed by atoms with Crippen LogP contribution in [-0.4, -0.2) is 15.9 Å². The summed E-state index contributed by atoms with van der Waals surface area (Å²) in [6.45, 7) is 3.02. The monoisotopic (exact) mass is 251 g/mol. The van der Waals surface area contributed by atoms with Gasteiger partial charge in [-0.3, -0.25) is 0 Å². The van der Waals surface area contributed by atoms with Gasteiger partial charge in [-0.15, -0.1) is 0 Å². The lowest BCUT2D eigenvalue weighted by Crippen LogP contribution is -1.97. The minimum absolute atomic E-state index is 0.874. The fourth-order valence-corrected chi connectivity index (χ4v) is 2.24. The third-order valence-electron chi connectivity index (χ3n) is 3.11. The number of pyridine rings is 1. The minimum atomic E-state index is 0.874. The van der Waals surface area contributed by atoms with E-state index in [0.717, 1.165) is 30.0 Å². The van der Waals surface area contributed by atoms with Gasteiger partial charge in [-0.1, -0.05) is 30.3 Å². The largest absolute Gasteiger partial charge is 0.384 e. The van der Waals surface area contributed by atoms with Crippen LogP contribution in [0.15, 0.2) is 54.9 Å². The number of rotatable bonds is 4. The molecule has 0 unspecified atom stereocenters. The average molecular weight is 251 g/mol. The van der Waals surface area contributed by atoms with Gasteiger partial charge in [-0.25, -0.2) is 4.98 Å². The predicted octanol–water partition coefficient (Wildman–Crippen LogP) is 3.36. The highest BCUT2D eigenvalue weighted by molar-refractivity contribution is 5.51. The van der Waals surface area contributed by atoms with Gasteiger partial charge in [-0.2, -0.15) is 0 Å². The molecule has 0 aliphatic carbocycles. The topological polar surface area (TPSA) is 29.3 Å². The van der Waals surface area contributed by atoms with E-state index in [9.17, 15) is 0 Å². The molecule has 2 aromatic heterocycles. The molecule has 3 nitrogen and oxygen atoms in total. The van der Waals surface area contributed by atoms with Crippen molar-refractivity contribution in [2.45, 2.75) is 13.3 Å². The Labute approximate surface area is 112 Å². The first-order chi connectivity index (χ1) is 9.35. The molecule has 0 saturated carbocycles. The number of hydrogen-bond acceptors (Lipinski definition) is 2. The van der Waals surface area contributed by atoms with Crippen molar-refractivity contribution in [1.29, 1.82) is 0 Å². The molecule has 0 aliphatic heterocycles. The zero-order valence-electron chi connectivity index (χ0n) is 11.0. The Bertz CT molecular complexity index is 671. The summed E-state index contributed by atoms with van der Waals surface area (Å²) < 4.78 is 2.08. The van der Waals surface area contributed by atoms with Crippen LogP contribution in [0.2, 0.25) is 0 Å². The van der Waals surface area contributed by atoms with E-state index in [1.807, 2.05) is 12.1 Å². The molecule has 96 valence electrons. The Morgan fingerprint density at radius 1 is 1.05 bits per heavy atom. The van der Waals surface area contributed by atoms with Gasteiger partial charge in [0.2, 0.25) is 0 Å². The summed E-state index contributed by atoms with van der Waals surface area (Å²) in [5.41, 5.74) is 4.50. The summed E-state index contributed by atoms with van der Waals surface area (Å²) in [6, 6.07) is 14.5. The smallest absolute Gasteiger partial charge is 0.137 e. The number of nitrogens with one attached hydrogen (secondary N) is 1. The SMILES string of the molecule is CCNc1ccc2nc(Cc3ccccc3)cn2c1. The van der Waals surface area contributed by atoms with Crippen LogP contribution in [-0.2, 0) is 6.42 Å². The van der Waals surface area contributed by atoms with Gasteiger partial charge in [0.1, 0.15) is 5.65 Å². The van der Waals surface area contributed by atoms with E-state index in [0.29, 0.717) is 0 Å². The van der Waals surface area contributed by atoms with Crippen LogP contribution in [0.4, 0.5) is 5.69 Å². The number of anilines is 1. The number of benzene rings is 1. The van der Waals surface area contributed by atoms with Crippen molar-refractivity contribution in [3.63, 3.8) is 0 Å². The van der Waals surface area contributed by atoms with Gasteiger partial charge in [0.05, 0.1) is 11.4 Å². The highest BCUT2D eigenvalue weighted by Gasteiger charge is 2.03. The highest BCUT2D eigenvalue weighted by Crippen LogP contribution is 2.14. The zero-order valence-corrected chi connectivity index (χ0v) is 11.0. The molecule has 3 aromatic rings. The first kappa shape index (κ1) is 11.8. The second kappa shape index (κ2) is 5.14. The van der Waals surface area contributed by atoms with E-state index in [2.05, 4.69) is 64.4 Å². The Hall–Kier alpha value is -2.29. The quantitative estimate of drug-likeness (QED) is 0.770. The van der Waals surface area contributed by atoms with Crippen LogP contribution in [0.5, 0.6) is 0 Å². The molecule has 19 heavy (non-hydrogen) atoms. The summed E-state index contributed by atoms with van der Waals surface area (Å²) in [5.74, 6) is 0. The molecule has 3 heteroatoms. The molecular weight excluding hydrogens is 234 g/mol. The van der Waals surface area contributed by atoms with E-state index >= 15 is 0 Å². The number of hydrogen-bond donors (Lipinski definition) is 1. The van der Waals surface area contributed by atoms with Gasteiger partial charge < -0.3 is 9.72 Å². The van der Waals surface area contributed by atoms with Crippen molar-refractivity contribution in [3.8, 4) is 0 Å². The number of aromatic nitrogens is 2. The van der Waals surface area contributed by atoms with Gasteiger partial charge in [0.25, 0.3) is 0 Å². The first-order valence-electron chi connectivity index (χ1n) is 6.60. The van der Waals surface area contributed by atoms with Crippen LogP contribution in [0.1, 0.15) is 18.2 Å². The van der Waals surface area contributed by atoms with Crippen LogP contribution in [0.25, 0.3) is 5.65 Å². The Morgan fingerprint density at radius 2 is 1.89 bits per heavy atom. The molecule has 0 aliphatic rings. The molecule has 1 N–H and O–H groups in total. The van der Waals surface area contributed by atoms with E-state index < -0.39 is 0 Å². The average Bonchev–Trinajstić information content (AvgIpc) is 2.82. The van der Waals surface area contributed by atoms with Crippen molar-refractivity contribution >= 4 is 11.3 Å². The maximum Gasteiger partial charge on any atom is 0.137 e. The number of fused-ring (bicyclic) bond motifs is 1. The maximum atomic E-state index is 4.64. The Balaban J connectivity index is 1.89. The third kappa shape index (κ3) is 2.60. The van der Waals surface area contributed by atoms with E-state index in [1.165, 1.54) is 5.56 Å². The lowest BCUT2D eigenvalue weighted by atomic mass is 10.1. The molecule has 3 rings (SSSR count). The molecule has 0 radical (unpaired) electrons. The Morgan fingerprint density at radius 3 is 2.68 bits per heavy atom. The van der Waals surface area contributed by atoms with Crippen molar-refractivity contribution in [2.75, 3.05) is 11.9 Å².